The number of rotatable bonds is 4. The quantitative estimate of drug-likeness (QED) is 0.735. The fraction of sp³-hybridized carbons (Fsp3) is 0.231. The van der Waals surface area contributed by atoms with E-state index in [-0.39, 0.29) is 5.88 Å². The molecule has 3 aromatic heterocycles. The Labute approximate surface area is 139 Å². The molecule has 0 saturated carbocycles. The van der Waals surface area contributed by atoms with Crippen molar-refractivity contribution in [2.24, 2.45) is 0 Å². The van der Waals surface area contributed by atoms with Gasteiger partial charge in [-0.2, -0.15) is 0 Å². The first-order valence-corrected chi connectivity index (χ1v) is 8.33. The van der Waals surface area contributed by atoms with E-state index in [0.29, 0.717) is 21.6 Å². The Morgan fingerprint density at radius 1 is 1.30 bits per heavy atom. The second kappa shape index (κ2) is 6.34. The molecule has 2 N–H and O–H groups in total. The van der Waals surface area contributed by atoms with E-state index < -0.39 is 6.09 Å². The molecule has 120 valence electrons. The van der Waals surface area contributed by atoms with Crippen molar-refractivity contribution < 1.29 is 14.1 Å². The average Bonchev–Trinajstić information content (AvgIpc) is 3.18. The molecule has 3 aromatic rings. The van der Waals surface area contributed by atoms with Crippen LogP contribution in [0.15, 0.2) is 15.4 Å². The fourth-order valence-corrected chi connectivity index (χ4v) is 3.06. The topological polar surface area (TPSA) is 102 Å². The third-order valence-corrected chi connectivity index (χ3v) is 4.42. The molecule has 0 atom stereocenters. The summed E-state index contributed by atoms with van der Waals surface area (Å²) < 4.78 is 10.3. The van der Waals surface area contributed by atoms with Crippen molar-refractivity contribution in [3.8, 4) is 5.88 Å². The largest absolute Gasteiger partial charge is 0.420 e. The number of aryl methyl sites for hydroxylation is 3. The van der Waals surface area contributed by atoms with Gasteiger partial charge in [-0.3, -0.25) is 5.32 Å². The molecule has 0 aliphatic heterocycles. The van der Waals surface area contributed by atoms with Gasteiger partial charge < -0.3 is 14.6 Å². The number of nitrogens with zero attached hydrogens (tertiary/aromatic N) is 3. The van der Waals surface area contributed by atoms with E-state index >= 15 is 0 Å². The zero-order valence-electron chi connectivity index (χ0n) is 12.5. The van der Waals surface area contributed by atoms with Gasteiger partial charge in [0.2, 0.25) is 0 Å². The number of thiazole rings is 2. The van der Waals surface area contributed by atoms with Gasteiger partial charge in [0, 0.05) is 5.38 Å². The maximum Gasteiger partial charge on any atom is 0.420 e. The summed E-state index contributed by atoms with van der Waals surface area (Å²) in [5.74, 6) is 0.824. The third kappa shape index (κ3) is 3.48. The Balaban J connectivity index is 1.70. The van der Waals surface area contributed by atoms with Gasteiger partial charge in [0.25, 0.3) is 5.88 Å². The second-order valence-electron chi connectivity index (χ2n) is 4.62. The summed E-state index contributed by atoms with van der Waals surface area (Å²) >= 11 is 2.63. The van der Waals surface area contributed by atoms with Crippen molar-refractivity contribution in [3.63, 3.8) is 0 Å². The summed E-state index contributed by atoms with van der Waals surface area (Å²) in [6, 6.07) is 0. The molecule has 0 aromatic carbocycles. The van der Waals surface area contributed by atoms with Crippen LogP contribution in [0.4, 0.5) is 20.6 Å². The van der Waals surface area contributed by atoms with E-state index in [1.54, 1.807) is 12.4 Å². The van der Waals surface area contributed by atoms with Crippen LogP contribution in [-0.2, 0) is 0 Å². The van der Waals surface area contributed by atoms with Crippen molar-refractivity contribution in [2.45, 2.75) is 20.8 Å². The van der Waals surface area contributed by atoms with E-state index in [1.807, 2.05) is 19.2 Å². The van der Waals surface area contributed by atoms with E-state index in [0.717, 1.165) is 11.4 Å². The van der Waals surface area contributed by atoms with Crippen molar-refractivity contribution in [3.05, 3.63) is 28.0 Å². The van der Waals surface area contributed by atoms with Gasteiger partial charge in [0.05, 0.1) is 11.2 Å². The molecule has 0 saturated heterocycles. The number of ether oxygens (including phenoxy) is 1. The number of aromatic nitrogens is 3. The van der Waals surface area contributed by atoms with E-state index in [1.165, 1.54) is 22.7 Å². The van der Waals surface area contributed by atoms with Gasteiger partial charge in [-0.15, -0.1) is 22.7 Å². The lowest BCUT2D eigenvalue weighted by Gasteiger charge is -2.06. The van der Waals surface area contributed by atoms with Gasteiger partial charge in [-0.05, 0) is 20.8 Å². The SMILES string of the molecule is Cc1csc(NC(=O)Oc2ncsc2Nc2c(C)noc2C)n1. The van der Waals surface area contributed by atoms with E-state index in [4.69, 9.17) is 9.26 Å². The van der Waals surface area contributed by atoms with Crippen LogP contribution in [0.3, 0.4) is 0 Å². The minimum absolute atomic E-state index is 0.181. The lowest BCUT2D eigenvalue weighted by Crippen LogP contribution is -2.17. The van der Waals surface area contributed by atoms with Crippen molar-refractivity contribution in [1.82, 2.24) is 15.1 Å². The van der Waals surface area contributed by atoms with Crippen LogP contribution in [0.5, 0.6) is 5.88 Å². The molecule has 1 amide bonds. The van der Waals surface area contributed by atoms with Crippen LogP contribution in [-0.4, -0.2) is 21.2 Å². The number of nitrogens with one attached hydrogen (secondary N) is 2. The average molecular weight is 351 g/mol. The molecular weight excluding hydrogens is 338 g/mol. The lowest BCUT2D eigenvalue weighted by molar-refractivity contribution is 0.214. The Bertz CT molecular complexity index is 819. The lowest BCUT2D eigenvalue weighted by atomic mass is 10.3. The van der Waals surface area contributed by atoms with Gasteiger partial charge in [-0.25, -0.2) is 14.8 Å². The third-order valence-electron chi connectivity index (χ3n) is 2.82. The normalized spacial score (nSPS) is 10.6. The first kappa shape index (κ1) is 15.4. The molecule has 3 heterocycles. The van der Waals surface area contributed by atoms with Gasteiger partial charge in [0.15, 0.2) is 15.9 Å². The van der Waals surface area contributed by atoms with Gasteiger partial charge in [-0.1, -0.05) is 5.16 Å². The van der Waals surface area contributed by atoms with Crippen LogP contribution in [0.1, 0.15) is 17.1 Å². The van der Waals surface area contributed by atoms with Crippen LogP contribution in [0.2, 0.25) is 0 Å². The molecule has 0 fully saturated rings. The van der Waals surface area contributed by atoms with Crippen molar-refractivity contribution in [2.75, 3.05) is 10.6 Å². The number of carbonyl (C=O) groups excluding carboxylic acids is 1. The molecule has 0 unspecified atom stereocenters. The summed E-state index contributed by atoms with van der Waals surface area (Å²) in [6.45, 7) is 5.46. The maximum absolute atomic E-state index is 11.9. The minimum atomic E-state index is -0.646. The molecule has 0 radical (unpaired) electrons. The molecule has 3 rings (SSSR count). The Hall–Kier alpha value is -2.46. The molecule has 0 spiro atoms. The van der Waals surface area contributed by atoms with E-state index in [9.17, 15) is 4.79 Å². The van der Waals surface area contributed by atoms with Crippen LogP contribution in [0.25, 0.3) is 0 Å². The first-order chi connectivity index (χ1) is 11.0. The molecule has 0 aliphatic rings. The smallest absolute Gasteiger partial charge is 0.388 e. The summed E-state index contributed by atoms with van der Waals surface area (Å²) in [5, 5.41) is 12.5. The summed E-state index contributed by atoms with van der Waals surface area (Å²) in [7, 11) is 0. The highest BCUT2D eigenvalue weighted by molar-refractivity contribution is 7.14. The van der Waals surface area contributed by atoms with Crippen molar-refractivity contribution in [1.29, 1.82) is 0 Å². The number of hydrogen-bond acceptors (Lipinski definition) is 9. The van der Waals surface area contributed by atoms with Gasteiger partial charge in [0.1, 0.15) is 11.4 Å². The summed E-state index contributed by atoms with van der Waals surface area (Å²) in [4.78, 5) is 20.1. The molecule has 23 heavy (non-hydrogen) atoms. The Morgan fingerprint density at radius 3 is 2.78 bits per heavy atom. The molecular formula is C13H13N5O3S2. The number of hydrogen-bond donors (Lipinski definition) is 2. The highest BCUT2D eigenvalue weighted by Crippen LogP contribution is 2.33. The molecule has 8 nitrogen and oxygen atoms in total. The monoisotopic (exact) mass is 351 g/mol. The summed E-state index contributed by atoms with van der Waals surface area (Å²) in [6.07, 6.45) is -0.646. The minimum Gasteiger partial charge on any atom is -0.388 e. The van der Waals surface area contributed by atoms with E-state index in [2.05, 4.69) is 25.8 Å². The van der Waals surface area contributed by atoms with Crippen LogP contribution < -0.4 is 15.4 Å². The fourth-order valence-electron chi connectivity index (χ4n) is 1.78. The first-order valence-electron chi connectivity index (χ1n) is 6.57. The highest BCUT2D eigenvalue weighted by Gasteiger charge is 2.17. The maximum atomic E-state index is 11.9. The van der Waals surface area contributed by atoms with Gasteiger partial charge >= 0.3 is 6.09 Å². The predicted octanol–water partition coefficient (Wildman–Crippen LogP) is 3.87. The number of anilines is 3. The highest BCUT2D eigenvalue weighted by atomic mass is 32.1. The van der Waals surface area contributed by atoms with Crippen molar-refractivity contribution >= 4 is 44.6 Å². The zero-order valence-corrected chi connectivity index (χ0v) is 14.2. The van der Waals surface area contributed by atoms with Crippen LogP contribution in [0, 0.1) is 20.8 Å². The summed E-state index contributed by atoms with van der Waals surface area (Å²) in [5.41, 5.74) is 3.86. The molecule has 0 aliphatic carbocycles. The van der Waals surface area contributed by atoms with Crippen LogP contribution >= 0.6 is 22.7 Å². The number of carbonyl (C=O) groups is 1. The molecule has 10 heteroatoms. The second-order valence-corrected chi connectivity index (χ2v) is 6.33. The zero-order chi connectivity index (χ0) is 16.4. The standard InChI is InChI=1S/C13H13N5O3S2/c1-6-4-22-12(15-6)17-13(19)20-10-11(23-5-14-10)16-9-7(2)18-21-8(9)3/h4-5,16H,1-3H3,(H,15,17,19). The number of amides is 1. The predicted molar refractivity (Wildman–Crippen MR) is 87.9 cm³/mol. The Morgan fingerprint density at radius 2 is 2.13 bits per heavy atom. The Kier molecular flexibility index (Phi) is 4.26. The molecule has 0 bridgehead atoms.